The molecule has 1 rings (SSSR count). The number of rotatable bonds is 10. The predicted molar refractivity (Wildman–Crippen MR) is 84.8 cm³/mol. The highest BCUT2D eigenvalue weighted by molar-refractivity contribution is 6.31. The molecule has 0 aliphatic carbocycles. The second kappa shape index (κ2) is 10.00. The van der Waals surface area contributed by atoms with Crippen molar-refractivity contribution in [2.24, 2.45) is 0 Å². The molecule has 0 fully saturated rings. The van der Waals surface area contributed by atoms with Crippen molar-refractivity contribution in [1.82, 2.24) is 5.32 Å². The molecule has 114 valence electrons. The minimum absolute atomic E-state index is 0.705. The van der Waals surface area contributed by atoms with Gasteiger partial charge in [-0.15, -0.1) is 0 Å². The largest absolute Gasteiger partial charge is 0.383 e. The number of halogens is 1. The van der Waals surface area contributed by atoms with Gasteiger partial charge in [0.2, 0.25) is 0 Å². The van der Waals surface area contributed by atoms with Crippen molar-refractivity contribution >= 4 is 17.3 Å². The second-order valence-corrected chi connectivity index (χ2v) is 4.92. The highest BCUT2D eigenvalue weighted by Gasteiger charge is 2.07. The summed E-state index contributed by atoms with van der Waals surface area (Å²) in [7, 11) is 3.42. The Kier molecular flexibility index (Phi) is 8.62. The summed E-state index contributed by atoms with van der Waals surface area (Å²) >= 11 is 6.35. The maximum absolute atomic E-state index is 6.35. The zero-order valence-electron chi connectivity index (χ0n) is 12.6. The van der Waals surface area contributed by atoms with E-state index in [-0.39, 0.29) is 0 Å². The number of benzene rings is 1. The van der Waals surface area contributed by atoms with Gasteiger partial charge in [-0.3, -0.25) is 0 Å². The maximum atomic E-state index is 6.35. The molecule has 0 heterocycles. The Morgan fingerprint density at radius 2 is 1.95 bits per heavy atom. The van der Waals surface area contributed by atoms with E-state index in [0.717, 1.165) is 42.5 Å². The summed E-state index contributed by atoms with van der Waals surface area (Å²) in [5, 5.41) is 4.09. The minimum Gasteiger partial charge on any atom is -0.383 e. The van der Waals surface area contributed by atoms with E-state index in [4.69, 9.17) is 21.1 Å². The van der Waals surface area contributed by atoms with Gasteiger partial charge < -0.3 is 19.7 Å². The fourth-order valence-corrected chi connectivity index (χ4v) is 2.19. The average molecular weight is 301 g/mol. The van der Waals surface area contributed by atoms with Crippen LogP contribution in [0.2, 0.25) is 5.02 Å². The molecule has 0 bridgehead atoms. The van der Waals surface area contributed by atoms with Crippen molar-refractivity contribution in [1.29, 1.82) is 0 Å². The lowest BCUT2D eigenvalue weighted by Gasteiger charge is -2.23. The van der Waals surface area contributed by atoms with E-state index in [1.54, 1.807) is 14.2 Å². The first-order chi connectivity index (χ1) is 9.72. The van der Waals surface area contributed by atoms with Crippen molar-refractivity contribution in [2.45, 2.75) is 13.5 Å². The highest BCUT2D eigenvalue weighted by Crippen LogP contribution is 2.23. The van der Waals surface area contributed by atoms with Crippen LogP contribution in [0.1, 0.15) is 12.5 Å². The van der Waals surface area contributed by atoms with Gasteiger partial charge in [-0.2, -0.15) is 0 Å². The van der Waals surface area contributed by atoms with Crippen LogP contribution in [0.25, 0.3) is 0 Å². The number of likely N-dealkylation sites (N-methyl/N-ethyl adjacent to an activating group) is 1. The molecular formula is C15H25ClN2O2. The smallest absolute Gasteiger partial charge is 0.0637 e. The number of methoxy groups -OCH3 is 2. The Morgan fingerprint density at radius 1 is 1.20 bits per heavy atom. The predicted octanol–water partition coefficient (Wildman–Crippen LogP) is 2.55. The molecule has 0 spiro atoms. The van der Waals surface area contributed by atoms with Gasteiger partial charge in [-0.05, 0) is 24.6 Å². The van der Waals surface area contributed by atoms with Crippen molar-refractivity contribution < 1.29 is 9.47 Å². The first-order valence-electron chi connectivity index (χ1n) is 6.94. The normalized spacial score (nSPS) is 10.8. The molecule has 0 aromatic heterocycles. The molecule has 20 heavy (non-hydrogen) atoms. The Bertz CT molecular complexity index is 388. The fourth-order valence-electron chi connectivity index (χ4n) is 1.94. The van der Waals surface area contributed by atoms with E-state index in [2.05, 4.69) is 29.3 Å². The lowest BCUT2D eigenvalue weighted by molar-refractivity contribution is 0.199. The van der Waals surface area contributed by atoms with Gasteiger partial charge in [0.25, 0.3) is 0 Å². The Labute approximate surface area is 127 Å². The molecule has 0 unspecified atom stereocenters. The summed E-state index contributed by atoms with van der Waals surface area (Å²) in [5.74, 6) is 0. The lowest BCUT2D eigenvalue weighted by Crippen LogP contribution is -2.26. The van der Waals surface area contributed by atoms with Crippen molar-refractivity contribution in [2.75, 3.05) is 52.0 Å². The summed E-state index contributed by atoms with van der Waals surface area (Å²) < 4.78 is 10.1. The lowest BCUT2D eigenvalue weighted by atomic mass is 10.2. The zero-order valence-corrected chi connectivity index (χ0v) is 13.4. The van der Waals surface area contributed by atoms with Crippen LogP contribution in [0.5, 0.6) is 0 Å². The topological polar surface area (TPSA) is 33.7 Å². The molecule has 1 N–H and O–H groups in total. The Morgan fingerprint density at radius 3 is 2.55 bits per heavy atom. The zero-order chi connectivity index (χ0) is 14.8. The molecule has 1 aromatic carbocycles. The van der Waals surface area contributed by atoms with E-state index in [0.29, 0.717) is 13.2 Å². The van der Waals surface area contributed by atoms with Crippen molar-refractivity contribution in [3.8, 4) is 0 Å². The van der Waals surface area contributed by atoms with E-state index in [1.165, 1.54) is 0 Å². The fraction of sp³-hybridized carbons (Fsp3) is 0.600. The standard InChI is InChI=1S/C15H25ClN2O2/c1-4-18(8-10-20-3)14-6-5-13(15(16)11-14)12-17-7-9-19-2/h5-6,11,17H,4,7-10,12H2,1-3H3. The molecule has 0 atom stereocenters. The first kappa shape index (κ1) is 17.2. The summed E-state index contributed by atoms with van der Waals surface area (Å²) in [6.45, 7) is 6.93. The van der Waals surface area contributed by atoms with Gasteiger partial charge in [-0.1, -0.05) is 17.7 Å². The number of nitrogens with zero attached hydrogens (tertiary/aromatic N) is 1. The molecule has 1 aromatic rings. The van der Waals surface area contributed by atoms with Gasteiger partial charge in [0, 0.05) is 51.1 Å². The van der Waals surface area contributed by atoms with Crippen LogP contribution in [0.3, 0.4) is 0 Å². The SMILES string of the molecule is CCN(CCOC)c1ccc(CNCCOC)c(Cl)c1. The third-order valence-corrected chi connectivity index (χ3v) is 3.50. The van der Waals surface area contributed by atoms with Gasteiger partial charge >= 0.3 is 0 Å². The molecule has 0 saturated carbocycles. The third kappa shape index (κ3) is 5.67. The molecule has 0 aliphatic rings. The van der Waals surface area contributed by atoms with Crippen LogP contribution in [-0.4, -0.2) is 47.1 Å². The molecule has 0 saturated heterocycles. The maximum Gasteiger partial charge on any atom is 0.0637 e. The van der Waals surface area contributed by atoms with Gasteiger partial charge in [0.05, 0.1) is 13.2 Å². The molecule has 0 aliphatic heterocycles. The van der Waals surface area contributed by atoms with Crippen LogP contribution in [0, 0.1) is 0 Å². The number of anilines is 1. The summed E-state index contributed by atoms with van der Waals surface area (Å²) in [4.78, 5) is 2.25. The van der Waals surface area contributed by atoms with Crippen LogP contribution in [-0.2, 0) is 16.0 Å². The summed E-state index contributed by atoms with van der Waals surface area (Å²) in [6, 6.07) is 6.21. The van der Waals surface area contributed by atoms with Gasteiger partial charge in [0.15, 0.2) is 0 Å². The van der Waals surface area contributed by atoms with E-state index >= 15 is 0 Å². The quantitative estimate of drug-likeness (QED) is 0.673. The van der Waals surface area contributed by atoms with Crippen LogP contribution >= 0.6 is 11.6 Å². The molecule has 0 amide bonds. The van der Waals surface area contributed by atoms with E-state index < -0.39 is 0 Å². The molecule has 5 heteroatoms. The summed E-state index contributed by atoms with van der Waals surface area (Å²) in [5.41, 5.74) is 2.24. The first-order valence-corrected chi connectivity index (χ1v) is 7.32. The molecular weight excluding hydrogens is 276 g/mol. The van der Waals surface area contributed by atoms with E-state index in [1.807, 2.05) is 6.07 Å². The van der Waals surface area contributed by atoms with Crippen LogP contribution in [0.4, 0.5) is 5.69 Å². The molecule has 4 nitrogen and oxygen atoms in total. The van der Waals surface area contributed by atoms with Crippen molar-refractivity contribution in [3.63, 3.8) is 0 Å². The number of ether oxygens (including phenoxy) is 2. The Balaban J connectivity index is 2.61. The number of nitrogens with one attached hydrogen (secondary N) is 1. The number of hydrogen-bond acceptors (Lipinski definition) is 4. The third-order valence-electron chi connectivity index (χ3n) is 3.15. The Hall–Kier alpha value is -0.810. The van der Waals surface area contributed by atoms with Crippen molar-refractivity contribution in [3.05, 3.63) is 28.8 Å². The van der Waals surface area contributed by atoms with Gasteiger partial charge in [-0.25, -0.2) is 0 Å². The van der Waals surface area contributed by atoms with Crippen LogP contribution < -0.4 is 10.2 Å². The number of hydrogen-bond donors (Lipinski definition) is 1. The molecule has 0 radical (unpaired) electrons. The second-order valence-electron chi connectivity index (χ2n) is 4.52. The average Bonchev–Trinajstić information content (AvgIpc) is 2.46. The highest BCUT2D eigenvalue weighted by atomic mass is 35.5. The van der Waals surface area contributed by atoms with E-state index in [9.17, 15) is 0 Å². The van der Waals surface area contributed by atoms with Crippen LogP contribution in [0.15, 0.2) is 18.2 Å². The van der Waals surface area contributed by atoms with Gasteiger partial charge in [0.1, 0.15) is 0 Å². The summed E-state index contributed by atoms with van der Waals surface area (Å²) in [6.07, 6.45) is 0. The monoisotopic (exact) mass is 300 g/mol. The minimum atomic E-state index is 0.705.